The highest BCUT2D eigenvalue weighted by atomic mass is 16.2. The highest BCUT2D eigenvalue weighted by Gasteiger charge is 2.25. The van der Waals surface area contributed by atoms with Gasteiger partial charge in [-0.2, -0.15) is 0 Å². The second-order valence-corrected chi connectivity index (χ2v) is 9.30. The first-order valence-corrected chi connectivity index (χ1v) is 11.8. The van der Waals surface area contributed by atoms with Crippen molar-refractivity contribution in [3.8, 4) is 0 Å². The summed E-state index contributed by atoms with van der Waals surface area (Å²) in [5.74, 6) is -0.163. The summed E-state index contributed by atoms with van der Waals surface area (Å²) < 4.78 is 0. The van der Waals surface area contributed by atoms with Gasteiger partial charge in [0, 0.05) is 13.0 Å². The lowest BCUT2D eigenvalue weighted by Crippen LogP contribution is -3.16. The number of quaternary nitrogens is 1. The van der Waals surface area contributed by atoms with E-state index in [1.807, 2.05) is 56.3 Å². The summed E-state index contributed by atoms with van der Waals surface area (Å²) >= 11 is 0. The zero-order valence-corrected chi connectivity index (χ0v) is 19.2. The van der Waals surface area contributed by atoms with Crippen molar-refractivity contribution >= 4 is 22.6 Å². The average molecular weight is 425 g/mol. The number of carbonyl (C=O) groups excluding carboxylic acids is 2. The third-order valence-corrected chi connectivity index (χ3v) is 6.55. The lowest BCUT2D eigenvalue weighted by Gasteiger charge is -2.30. The molecule has 0 radical (unpaired) electrons. The van der Waals surface area contributed by atoms with Crippen LogP contribution in [0.2, 0.25) is 0 Å². The van der Waals surface area contributed by atoms with Crippen molar-refractivity contribution in [1.82, 2.24) is 10.6 Å². The van der Waals surface area contributed by atoms with Crippen molar-refractivity contribution in [3.63, 3.8) is 0 Å². The quantitative estimate of drug-likeness (QED) is 0.542. The fourth-order valence-electron chi connectivity index (χ4n) is 4.64. The van der Waals surface area contributed by atoms with E-state index >= 15 is 0 Å². The molecule has 31 heavy (non-hydrogen) atoms. The molecule has 1 unspecified atom stereocenters. The van der Waals surface area contributed by atoms with Crippen LogP contribution in [0.5, 0.6) is 0 Å². The summed E-state index contributed by atoms with van der Waals surface area (Å²) in [6.45, 7) is 9.28. The van der Waals surface area contributed by atoms with Crippen LogP contribution in [-0.2, 0) is 16.0 Å². The Morgan fingerprint density at radius 2 is 1.87 bits per heavy atom. The molecule has 1 aliphatic rings. The number of hydrogen-bond acceptors (Lipinski definition) is 2. The summed E-state index contributed by atoms with van der Waals surface area (Å²) in [6.07, 6.45) is 5.20. The number of amides is 2. The maximum atomic E-state index is 12.8. The third-order valence-electron chi connectivity index (χ3n) is 6.55. The number of hydrogen-bond donors (Lipinski definition) is 3. The predicted molar refractivity (Wildman–Crippen MR) is 126 cm³/mol. The second-order valence-electron chi connectivity index (χ2n) is 9.30. The molecule has 2 amide bonds. The molecule has 0 aromatic heterocycles. The fraction of sp³-hybridized carbons (Fsp3) is 0.538. The van der Waals surface area contributed by atoms with Gasteiger partial charge in [0.05, 0.1) is 25.6 Å². The molecule has 2 aromatic carbocycles. The Kier molecular flexibility index (Phi) is 8.47. The van der Waals surface area contributed by atoms with Gasteiger partial charge < -0.3 is 15.5 Å². The van der Waals surface area contributed by atoms with E-state index in [1.54, 1.807) is 4.90 Å². The number of piperidine rings is 1. The number of nitrogens with one attached hydrogen (secondary N) is 3. The molecule has 5 nitrogen and oxygen atoms in total. The van der Waals surface area contributed by atoms with Crippen LogP contribution >= 0.6 is 0 Å². The molecule has 168 valence electrons. The molecule has 3 rings (SSSR count). The molecule has 2 aromatic rings. The van der Waals surface area contributed by atoms with Crippen LogP contribution in [0.25, 0.3) is 10.8 Å². The standard InChI is InChI=1S/C26H37N3O2/c1-19(2)25(26(31)27-15-9-17-29-16-7-6-10-20(29)3)28-24(30)18-22-13-8-12-21-11-4-5-14-23(21)22/h4-5,8,11-14,19-20,25H,6-7,9-10,15-18H2,1-3H3,(H,27,31)(H,28,30)/p+1/t20-,25-/m0/s1. The first kappa shape index (κ1) is 23.3. The third kappa shape index (κ3) is 6.54. The van der Waals surface area contributed by atoms with Gasteiger partial charge in [0.1, 0.15) is 6.04 Å². The maximum absolute atomic E-state index is 12.8. The molecule has 0 spiro atoms. The minimum atomic E-state index is -0.510. The first-order valence-electron chi connectivity index (χ1n) is 11.8. The number of carbonyl (C=O) groups is 2. The average Bonchev–Trinajstić information content (AvgIpc) is 2.76. The van der Waals surface area contributed by atoms with Crippen LogP contribution in [-0.4, -0.2) is 43.5 Å². The molecule has 1 aliphatic heterocycles. The van der Waals surface area contributed by atoms with Crippen LogP contribution in [0.15, 0.2) is 42.5 Å². The molecule has 0 saturated carbocycles. The van der Waals surface area contributed by atoms with Crippen LogP contribution < -0.4 is 15.5 Å². The number of fused-ring (bicyclic) bond motifs is 1. The largest absolute Gasteiger partial charge is 0.354 e. The SMILES string of the molecule is CC(C)[C@H](NC(=O)Cc1cccc2ccccc12)C(=O)NCCC[NH+]1CCCC[C@@H]1C. The Hall–Kier alpha value is -2.40. The summed E-state index contributed by atoms with van der Waals surface area (Å²) in [4.78, 5) is 27.2. The molecule has 5 heteroatoms. The second kappa shape index (κ2) is 11.3. The van der Waals surface area contributed by atoms with E-state index in [1.165, 1.54) is 25.8 Å². The van der Waals surface area contributed by atoms with E-state index in [2.05, 4.69) is 17.6 Å². The van der Waals surface area contributed by atoms with Gasteiger partial charge in [0.2, 0.25) is 11.8 Å². The maximum Gasteiger partial charge on any atom is 0.242 e. The number of likely N-dealkylation sites (tertiary alicyclic amines) is 1. The molecule has 1 saturated heterocycles. The van der Waals surface area contributed by atoms with Crippen molar-refractivity contribution in [1.29, 1.82) is 0 Å². The van der Waals surface area contributed by atoms with E-state index in [0.717, 1.165) is 35.3 Å². The minimum Gasteiger partial charge on any atom is -0.354 e. The molecule has 3 N–H and O–H groups in total. The van der Waals surface area contributed by atoms with Gasteiger partial charge in [-0.1, -0.05) is 56.3 Å². The zero-order valence-electron chi connectivity index (χ0n) is 19.2. The lowest BCUT2D eigenvalue weighted by molar-refractivity contribution is -0.928. The lowest BCUT2D eigenvalue weighted by atomic mass is 10.00. The summed E-state index contributed by atoms with van der Waals surface area (Å²) in [5, 5.41) is 8.23. The Balaban J connectivity index is 1.50. The van der Waals surface area contributed by atoms with Crippen LogP contribution in [0.3, 0.4) is 0 Å². The van der Waals surface area contributed by atoms with E-state index in [4.69, 9.17) is 0 Å². The van der Waals surface area contributed by atoms with Gasteiger partial charge in [0.15, 0.2) is 0 Å². The highest BCUT2D eigenvalue weighted by Crippen LogP contribution is 2.19. The van der Waals surface area contributed by atoms with Crippen molar-refractivity contribution < 1.29 is 14.5 Å². The van der Waals surface area contributed by atoms with Gasteiger partial charge >= 0.3 is 0 Å². The van der Waals surface area contributed by atoms with Crippen LogP contribution in [0, 0.1) is 5.92 Å². The van der Waals surface area contributed by atoms with Crippen molar-refractivity contribution in [2.24, 2.45) is 5.92 Å². The predicted octanol–water partition coefficient (Wildman–Crippen LogP) is 2.49. The van der Waals surface area contributed by atoms with E-state index in [9.17, 15) is 9.59 Å². The van der Waals surface area contributed by atoms with Crippen LogP contribution in [0.4, 0.5) is 0 Å². The Labute approximate surface area is 186 Å². The van der Waals surface area contributed by atoms with Gasteiger partial charge in [-0.3, -0.25) is 9.59 Å². The zero-order chi connectivity index (χ0) is 22.2. The van der Waals surface area contributed by atoms with Gasteiger partial charge in [-0.05, 0) is 48.4 Å². The molecule has 1 heterocycles. The monoisotopic (exact) mass is 424 g/mol. The first-order chi connectivity index (χ1) is 15.0. The van der Waals surface area contributed by atoms with Crippen LogP contribution in [0.1, 0.15) is 52.0 Å². The minimum absolute atomic E-state index is 0.0317. The Morgan fingerprint density at radius 1 is 1.10 bits per heavy atom. The molecule has 1 fully saturated rings. The molecule has 0 bridgehead atoms. The van der Waals surface area contributed by atoms with Crippen molar-refractivity contribution in [3.05, 3.63) is 48.0 Å². The summed E-state index contributed by atoms with van der Waals surface area (Å²) in [6, 6.07) is 14.3. The number of benzene rings is 2. The van der Waals surface area contributed by atoms with E-state index in [0.29, 0.717) is 6.54 Å². The Bertz CT molecular complexity index is 875. The van der Waals surface area contributed by atoms with Crippen molar-refractivity contribution in [2.75, 3.05) is 19.6 Å². The van der Waals surface area contributed by atoms with Crippen molar-refractivity contribution in [2.45, 2.75) is 65.0 Å². The van der Waals surface area contributed by atoms with Gasteiger partial charge in [-0.15, -0.1) is 0 Å². The topological polar surface area (TPSA) is 62.6 Å². The van der Waals surface area contributed by atoms with Gasteiger partial charge in [-0.25, -0.2) is 0 Å². The Morgan fingerprint density at radius 3 is 2.65 bits per heavy atom. The van der Waals surface area contributed by atoms with E-state index in [-0.39, 0.29) is 24.2 Å². The summed E-state index contributed by atoms with van der Waals surface area (Å²) in [5.41, 5.74) is 0.983. The van der Waals surface area contributed by atoms with Gasteiger partial charge in [0.25, 0.3) is 0 Å². The highest BCUT2D eigenvalue weighted by molar-refractivity contribution is 5.92. The molecular weight excluding hydrogens is 386 g/mol. The number of rotatable bonds is 9. The smallest absolute Gasteiger partial charge is 0.242 e. The molecular formula is C26H38N3O2+. The normalized spacial score (nSPS) is 19.9. The fourth-order valence-corrected chi connectivity index (χ4v) is 4.64. The molecule has 0 aliphatic carbocycles. The van der Waals surface area contributed by atoms with E-state index < -0.39 is 6.04 Å². The molecule has 3 atom stereocenters. The summed E-state index contributed by atoms with van der Waals surface area (Å²) in [7, 11) is 0.